The van der Waals surface area contributed by atoms with Crippen LogP contribution < -0.4 is 18.6 Å². The molecule has 0 aliphatic carbocycles. The van der Waals surface area contributed by atoms with Crippen LogP contribution >= 0.6 is 24.4 Å². The Bertz CT molecular complexity index is 1150. The average molecular weight is 468 g/mol. The third-order valence-electron chi connectivity index (χ3n) is 3.85. The van der Waals surface area contributed by atoms with Gasteiger partial charge in [0.1, 0.15) is 0 Å². The number of imidazole rings is 2. The molecule has 0 unspecified atom stereocenters. The second-order valence-electron chi connectivity index (χ2n) is 5.26. The van der Waals surface area contributed by atoms with Crippen molar-refractivity contribution < 1.29 is 29.5 Å². The second-order valence-corrected chi connectivity index (χ2v) is 6.04. The van der Waals surface area contributed by atoms with Crippen molar-refractivity contribution >= 4 is 58.2 Å². The van der Waals surface area contributed by atoms with Crippen molar-refractivity contribution in [1.29, 1.82) is 10.8 Å². The standard InChI is InChI=1S/C16H12N6S2.ClH.Cu.H3N/c17-13(21-11-7-3-1-5-9(11)19-15(21)23)14(18)22-12-8-4-2-6-10(12)20-16(22)24;;;/h1-8,17-18H,(H,19,23)(H,20,24);1H;;1H3/q;;+2;/p-1. The fourth-order valence-corrected chi connectivity index (χ4v) is 3.36. The normalized spacial score (nSPS) is 9.93. The molecule has 1 radical (unpaired) electrons. The molecule has 11 heteroatoms. The van der Waals surface area contributed by atoms with Gasteiger partial charge in [0, 0.05) is 0 Å². The van der Waals surface area contributed by atoms with E-state index in [-0.39, 0.29) is 47.3 Å². The molecular formula is C16H15ClCuN7S2+. The maximum absolute atomic E-state index is 8.49. The van der Waals surface area contributed by atoms with E-state index in [4.69, 9.17) is 35.3 Å². The number of hydrogen-bond donors (Lipinski definition) is 5. The Morgan fingerprint density at radius 2 is 1.07 bits per heavy atom. The van der Waals surface area contributed by atoms with Crippen LogP contribution in [0.1, 0.15) is 0 Å². The summed E-state index contributed by atoms with van der Waals surface area (Å²) in [4.78, 5) is 6.11. The fourth-order valence-electron chi connectivity index (χ4n) is 2.77. The number of benzene rings is 2. The Kier molecular flexibility index (Phi) is 7.44. The van der Waals surface area contributed by atoms with Crippen LogP contribution in [-0.2, 0) is 17.1 Å². The van der Waals surface area contributed by atoms with E-state index in [0.29, 0.717) is 9.54 Å². The van der Waals surface area contributed by atoms with Crippen LogP contribution in [-0.4, -0.2) is 30.8 Å². The van der Waals surface area contributed by atoms with E-state index in [1.54, 1.807) is 0 Å². The molecular weight excluding hydrogens is 453 g/mol. The van der Waals surface area contributed by atoms with Crippen molar-refractivity contribution in [2.75, 3.05) is 0 Å². The summed E-state index contributed by atoms with van der Waals surface area (Å²) in [5.74, 6) is -0.0865. The van der Waals surface area contributed by atoms with Crippen LogP contribution in [0.3, 0.4) is 0 Å². The summed E-state index contributed by atoms with van der Waals surface area (Å²) < 4.78 is 3.82. The SMILES string of the molecule is N.N=C(C(=N)n1c(=S)[nH]c2ccccc21)n1c(=S)[nH]c2ccccc21.[Cl-].[Cu+2]. The van der Waals surface area contributed by atoms with Crippen LogP contribution in [0.2, 0.25) is 0 Å². The smallest absolute Gasteiger partial charge is 1.00 e. The minimum Gasteiger partial charge on any atom is -1.00 e. The van der Waals surface area contributed by atoms with Gasteiger partial charge in [0.05, 0.1) is 22.1 Å². The number of aromatic amines is 2. The van der Waals surface area contributed by atoms with Crippen molar-refractivity contribution in [3.63, 3.8) is 0 Å². The third-order valence-corrected chi connectivity index (χ3v) is 4.42. The van der Waals surface area contributed by atoms with Crippen LogP contribution in [0.4, 0.5) is 0 Å². The first-order valence-electron chi connectivity index (χ1n) is 7.15. The third kappa shape index (κ3) is 3.68. The van der Waals surface area contributed by atoms with Crippen LogP contribution in [0.5, 0.6) is 0 Å². The van der Waals surface area contributed by atoms with Gasteiger partial charge in [0.2, 0.25) is 0 Å². The van der Waals surface area contributed by atoms with Gasteiger partial charge in [-0.25, -0.2) is 0 Å². The molecule has 2 aromatic carbocycles. The summed E-state index contributed by atoms with van der Waals surface area (Å²) in [5, 5.41) is 17.0. The average Bonchev–Trinajstić information content (AvgIpc) is 3.08. The van der Waals surface area contributed by atoms with E-state index in [1.165, 1.54) is 9.13 Å². The van der Waals surface area contributed by atoms with Crippen molar-refractivity contribution in [3.8, 4) is 0 Å². The van der Waals surface area contributed by atoms with Gasteiger partial charge in [-0.2, -0.15) is 0 Å². The molecule has 27 heavy (non-hydrogen) atoms. The van der Waals surface area contributed by atoms with Gasteiger partial charge in [0.25, 0.3) is 0 Å². The second kappa shape index (κ2) is 8.75. The molecule has 0 aliphatic heterocycles. The predicted octanol–water partition coefficient (Wildman–Crippen LogP) is 1.23. The minimum atomic E-state index is -0.0432. The van der Waals surface area contributed by atoms with Gasteiger partial charge in [-0.3, -0.25) is 20.0 Å². The molecule has 0 fully saturated rings. The maximum Gasteiger partial charge on any atom is 2.00 e. The summed E-state index contributed by atoms with van der Waals surface area (Å²) in [5.41, 5.74) is 3.15. The molecule has 7 nitrogen and oxygen atoms in total. The summed E-state index contributed by atoms with van der Waals surface area (Å²) in [6.07, 6.45) is 0. The molecule has 2 aromatic heterocycles. The molecule has 0 saturated heterocycles. The van der Waals surface area contributed by atoms with Crippen molar-refractivity contribution in [3.05, 3.63) is 58.1 Å². The number of halogens is 1. The Morgan fingerprint density at radius 3 is 1.44 bits per heavy atom. The number of nitrogens with zero attached hydrogens (tertiary/aromatic N) is 2. The largest absolute Gasteiger partial charge is 2.00 e. The summed E-state index contributed by atoms with van der Waals surface area (Å²) in [6.45, 7) is 0. The predicted molar refractivity (Wildman–Crippen MR) is 106 cm³/mol. The first-order chi connectivity index (χ1) is 11.6. The monoisotopic (exact) mass is 467 g/mol. The summed E-state index contributed by atoms with van der Waals surface area (Å²) >= 11 is 10.7. The zero-order chi connectivity index (χ0) is 16.8. The van der Waals surface area contributed by atoms with E-state index in [9.17, 15) is 0 Å². The molecule has 4 rings (SSSR count). The Balaban J connectivity index is 0.00000121. The molecule has 7 N–H and O–H groups in total. The van der Waals surface area contributed by atoms with Crippen molar-refractivity contribution in [2.45, 2.75) is 0 Å². The summed E-state index contributed by atoms with van der Waals surface area (Å²) in [6, 6.07) is 15.0. The van der Waals surface area contributed by atoms with E-state index in [0.717, 1.165) is 22.1 Å². The van der Waals surface area contributed by atoms with Crippen molar-refractivity contribution in [1.82, 2.24) is 25.3 Å². The zero-order valence-corrected chi connectivity index (χ0v) is 17.0. The number of H-pyrrole nitrogens is 2. The van der Waals surface area contributed by atoms with E-state index < -0.39 is 0 Å². The first kappa shape index (κ1) is 23.0. The van der Waals surface area contributed by atoms with Gasteiger partial charge in [-0.05, 0) is 48.7 Å². The van der Waals surface area contributed by atoms with Crippen molar-refractivity contribution in [2.24, 2.45) is 0 Å². The molecule has 0 spiro atoms. The van der Waals surface area contributed by atoms with E-state index in [1.807, 2.05) is 48.5 Å². The number of nitrogens with one attached hydrogen (secondary N) is 4. The fraction of sp³-hybridized carbons (Fsp3) is 0. The van der Waals surface area contributed by atoms with Crippen LogP contribution in [0.25, 0.3) is 22.1 Å². The van der Waals surface area contributed by atoms with Gasteiger partial charge in [0.15, 0.2) is 21.2 Å². The number of aromatic nitrogens is 4. The first-order valence-corrected chi connectivity index (χ1v) is 7.97. The van der Waals surface area contributed by atoms with E-state index in [2.05, 4.69) is 9.97 Å². The Morgan fingerprint density at radius 1 is 0.741 bits per heavy atom. The molecule has 0 bridgehead atoms. The number of para-hydroxylation sites is 4. The van der Waals surface area contributed by atoms with Crippen LogP contribution in [0.15, 0.2) is 48.5 Å². The molecule has 143 valence electrons. The summed E-state index contributed by atoms with van der Waals surface area (Å²) in [7, 11) is 0. The number of hydrogen-bond acceptors (Lipinski definition) is 5. The molecule has 0 amide bonds. The number of fused-ring (bicyclic) bond motifs is 2. The topological polar surface area (TPSA) is 124 Å². The Labute approximate surface area is 181 Å². The van der Waals surface area contributed by atoms with Gasteiger partial charge in [-0.15, -0.1) is 0 Å². The zero-order valence-electron chi connectivity index (χ0n) is 13.7. The maximum atomic E-state index is 8.49. The minimum absolute atomic E-state index is 0. The van der Waals surface area contributed by atoms with Gasteiger partial charge in [-0.1, -0.05) is 24.3 Å². The molecule has 2 heterocycles. The molecule has 4 aromatic rings. The molecule has 0 atom stereocenters. The Hall–Kier alpha value is -2.07. The number of rotatable bonds is 0. The molecule has 0 saturated carbocycles. The molecule has 0 aliphatic rings. The van der Waals surface area contributed by atoms with Gasteiger partial charge < -0.3 is 28.5 Å². The van der Waals surface area contributed by atoms with Gasteiger partial charge >= 0.3 is 17.1 Å². The van der Waals surface area contributed by atoms with E-state index >= 15 is 0 Å². The quantitative estimate of drug-likeness (QED) is 0.115. The van der Waals surface area contributed by atoms with Crippen LogP contribution in [0, 0.1) is 20.4 Å².